The number of nitrogens with zero attached hydrogens (tertiary/aromatic N) is 1. The summed E-state index contributed by atoms with van der Waals surface area (Å²) < 4.78 is 95.8. The van der Waals surface area contributed by atoms with E-state index in [2.05, 4.69) is 0 Å². The molecule has 1 aromatic rings. The Morgan fingerprint density at radius 1 is 1.10 bits per heavy atom. The first-order valence-corrected chi connectivity index (χ1v) is 10.1. The largest absolute Gasteiger partial charge is 0.459 e. The van der Waals surface area contributed by atoms with Crippen LogP contribution < -0.4 is 5.32 Å². The van der Waals surface area contributed by atoms with Gasteiger partial charge in [-0.15, -0.1) is 0 Å². The van der Waals surface area contributed by atoms with E-state index in [4.69, 9.17) is 9.15 Å². The number of hydrogen-bond acceptors (Lipinski definition) is 4. The SMILES string of the molecule is O=C(NC(N(CC1CC=CCC1)CC1CCCO1)(C(F)(F)F)C(F)(F)F)c1ccco1. The molecular formula is C20H24F6N2O3. The standard InChI is InChI=1S/C20H24F6N2O3/c21-19(22,23)18(20(24,25)26,27-17(29)16-9-5-11-31-16)28(13-15-8-4-10-30-15)12-14-6-2-1-3-7-14/h1-2,5,9,11,14-15H,3-4,6-8,10,12-13H2,(H,27,29). The lowest BCUT2D eigenvalue weighted by Crippen LogP contribution is -2.77. The predicted octanol–water partition coefficient (Wildman–Crippen LogP) is 4.67. The third-order valence-electron chi connectivity index (χ3n) is 5.64. The van der Waals surface area contributed by atoms with E-state index in [0.717, 1.165) is 12.3 Å². The Balaban J connectivity index is 2.03. The number of allylic oxidation sites excluding steroid dienone is 2. The van der Waals surface area contributed by atoms with E-state index in [9.17, 15) is 31.1 Å². The van der Waals surface area contributed by atoms with Gasteiger partial charge in [0, 0.05) is 19.7 Å². The topological polar surface area (TPSA) is 54.7 Å². The van der Waals surface area contributed by atoms with Gasteiger partial charge >= 0.3 is 12.4 Å². The summed E-state index contributed by atoms with van der Waals surface area (Å²) in [7, 11) is 0. The van der Waals surface area contributed by atoms with Gasteiger partial charge in [0.05, 0.1) is 12.4 Å². The molecule has 31 heavy (non-hydrogen) atoms. The van der Waals surface area contributed by atoms with Crippen LogP contribution in [-0.4, -0.2) is 54.6 Å². The van der Waals surface area contributed by atoms with E-state index in [0.29, 0.717) is 37.0 Å². The number of rotatable bonds is 7. The highest BCUT2D eigenvalue weighted by atomic mass is 19.4. The second-order valence-electron chi connectivity index (χ2n) is 7.83. The van der Waals surface area contributed by atoms with Gasteiger partial charge in [0.1, 0.15) is 0 Å². The predicted molar refractivity (Wildman–Crippen MR) is 98.0 cm³/mol. The highest BCUT2D eigenvalue weighted by Gasteiger charge is 2.75. The van der Waals surface area contributed by atoms with Gasteiger partial charge in [0.15, 0.2) is 5.76 Å². The normalized spacial score (nSPS) is 22.8. The van der Waals surface area contributed by atoms with Crippen LogP contribution in [0.5, 0.6) is 0 Å². The first-order chi connectivity index (χ1) is 14.5. The van der Waals surface area contributed by atoms with Crippen LogP contribution in [0.15, 0.2) is 35.0 Å². The van der Waals surface area contributed by atoms with Crippen molar-refractivity contribution in [3.05, 3.63) is 36.3 Å². The van der Waals surface area contributed by atoms with Crippen molar-refractivity contribution in [1.29, 1.82) is 0 Å². The maximum absolute atomic E-state index is 14.3. The van der Waals surface area contributed by atoms with Crippen molar-refractivity contribution >= 4 is 5.91 Å². The quantitative estimate of drug-likeness (QED) is 0.370. The van der Waals surface area contributed by atoms with Crippen molar-refractivity contribution in [3.63, 3.8) is 0 Å². The molecule has 1 N–H and O–H groups in total. The molecular weight excluding hydrogens is 430 g/mol. The van der Waals surface area contributed by atoms with Gasteiger partial charge < -0.3 is 14.5 Å². The van der Waals surface area contributed by atoms with Crippen LogP contribution in [0.2, 0.25) is 0 Å². The number of amides is 1. The maximum atomic E-state index is 14.3. The molecule has 0 saturated carbocycles. The van der Waals surface area contributed by atoms with E-state index in [1.807, 2.05) is 6.08 Å². The minimum absolute atomic E-state index is 0.272. The van der Waals surface area contributed by atoms with E-state index in [1.165, 1.54) is 11.4 Å². The molecule has 0 radical (unpaired) electrons. The van der Waals surface area contributed by atoms with Gasteiger partial charge in [-0.25, -0.2) is 0 Å². The Morgan fingerprint density at radius 2 is 1.84 bits per heavy atom. The molecule has 3 rings (SSSR count). The Hall–Kier alpha value is -2.01. The molecule has 1 aliphatic heterocycles. The first-order valence-electron chi connectivity index (χ1n) is 10.1. The monoisotopic (exact) mass is 454 g/mol. The Morgan fingerprint density at radius 3 is 2.35 bits per heavy atom. The number of carbonyl (C=O) groups is 1. The lowest BCUT2D eigenvalue weighted by atomic mass is 9.92. The second-order valence-corrected chi connectivity index (χ2v) is 7.83. The zero-order valence-electron chi connectivity index (χ0n) is 16.6. The minimum Gasteiger partial charge on any atom is -0.459 e. The summed E-state index contributed by atoms with van der Waals surface area (Å²) >= 11 is 0. The fourth-order valence-corrected chi connectivity index (χ4v) is 4.09. The number of alkyl halides is 6. The highest BCUT2D eigenvalue weighted by Crippen LogP contribution is 2.46. The number of furan rings is 1. The number of halogens is 6. The van der Waals surface area contributed by atoms with Crippen molar-refractivity contribution in [2.75, 3.05) is 19.7 Å². The van der Waals surface area contributed by atoms with Gasteiger partial charge in [0.25, 0.3) is 11.6 Å². The summed E-state index contributed by atoms with van der Waals surface area (Å²) in [6.07, 6.45) is -5.61. The lowest BCUT2D eigenvalue weighted by molar-refractivity contribution is -0.351. The van der Waals surface area contributed by atoms with E-state index >= 15 is 0 Å². The highest BCUT2D eigenvalue weighted by molar-refractivity contribution is 5.92. The Bertz CT molecular complexity index is 740. The second kappa shape index (κ2) is 9.23. The van der Waals surface area contributed by atoms with Crippen molar-refractivity contribution in [2.24, 2.45) is 5.92 Å². The van der Waals surface area contributed by atoms with Crippen LogP contribution in [0.25, 0.3) is 0 Å². The summed E-state index contributed by atoms with van der Waals surface area (Å²) in [5.74, 6) is -2.66. The van der Waals surface area contributed by atoms with Crippen LogP contribution in [0.1, 0.15) is 42.7 Å². The van der Waals surface area contributed by atoms with Crippen LogP contribution in [0, 0.1) is 5.92 Å². The van der Waals surface area contributed by atoms with Gasteiger partial charge in [-0.3, -0.25) is 9.69 Å². The molecule has 1 aromatic heterocycles. The molecule has 1 fully saturated rings. The minimum atomic E-state index is -5.85. The molecule has 0 bridgehead atoms. The molecule has 2 heterocycles. The molecule has 5 nitrogen and oxygen atoms in total. The van der Waals surface area contributed by atoms with Gasteiger partial charge in [0.2, 0.25) is 0 Å². The zero-order valence-corrected chi connectivity index (χ0v) is 16.6. The summed E-state index contributed by atoms with van der Waals surface area (Å²) in [5, 5.41) is 1.25. The fourth-order valence-electron chi connectivity index (χ4n) is 4.09. The van der Waals surface area contributed by atoms with Crippen LogP contribution in [-0.2, 0) is 4.74 Å². The molecule has 1 aliphatic carbocycles. The molecule has 1 saturated heterocycles. The first kappa shape index (κ1) is 23.6. The third kappa shape index (κ3) is 5.08. The Kier molecular flexibility index (Phi) is 7.04. The molecule has 2 atom stereocenters. The zero-order chi connectivity index (χ0) is 22.7. The number of nitrogens with one attached hydrogen (secondary N) is 1. The summed E-state index contributed by atoms with van der Waals surface area (Å²) in [5.41, 5.74) is -4.59. The molecule has 2 unspecified atom stereocenters. The van der Waals surface area contributed by atoms with E-state index < -0.39 is 54.8 Å². The maximum Gasteiger partial charge on any atom is 0.434 e. The fraction of sp³-hybridized carbons (Fsp3) is 0.650. The molecule has 11 heteroatoms. The summed E-state index contributed by atoms with van der Waals surface area (Å²) in [6, 6.07) is 2.21. The average molecular weight is 454 g/mol. The van der Waals surface area contributed by atoms with Crippen molar-refractivity contribution in [3.8, 4) is 0 Å². The van der Waals surface area contributed by atoms with Crippen LogP contribution >= 0.6 is 0 Å². The molecule has 174 valence electrons. The summed E-state index contributed by atoms with van der Waals surface area (Å²) in [4.78, 5) is 12.7. The van der Waals surface area contributed by atoms with Crippen LogP contribution in [0.4, 0.5) is 26.3 Å². The van der Waals surface area contributed by atoms with E-state index in [-0.39, 0.29) is 6.61 Å². The molecule has 0 spiro atoms. The molecule has 1 amide bonds. The van der Waals surface area contributed by atoms with Crippen molar-refractivity contribution < 1.29 is 40.3 Å². The van der Waals surface area contributed by atoms with Crippen molar-refractivity contribution in [1.82, 2.24) is 10.2 Å². The smallest absolute Gasteiger partial charge is 0.434 e. The van der Waals surface area contributed by atoms with Gasteiger partial charge in [-0.2, -0.15) is 26.3 Å². The molecule has 0 aromatic carbocycles. The average Bonchev–Trinajstić information content (AvgIpc) is 3.38. The van der Waals surface area contributed by atoms with Crippen LogP contribution in [0.3, 0.4) is 0 Å². The third-order valence-corrected chi connectivity index (χ3v) is 5.64. The lowest BCUT2D eigenvalue weighted by Gasteiger charge is -2.47. The van der Waals surface area contributed by atoms with Crippen molar-refractivity contribution in [2.45, 2.75) is 56.2 Å². The van der Waals surface area contributed by atoms with E-state index in [1.54, 1.807) is 6.08 Å². The number of ether oxygens (including phenoxy) is 1. The number of hydrogen-bond donors (Lipinski definition) is 1. The van der Waals surface area contributed by atoms with Gasteiger partial charge in [-0.05, 0) is 50.2 Å². The Labute approximate surface area is 175 Å². The summed E-state index contributed by atoms with van der Waals surface area (Å²) in [6.45, 7) is -0.839. The van der Waals surface area contributed by atoms with Gasteiger partial charge in [-0.1, -0.05) is 12.2 Å². The number of carbonyl (C=O) groups excluding carboxylic acids is 1. The molecule has 2 aliphatic rings.